The Bertz CT molecular complexity index is 115. The van der Waals surface area contributed by atoms with Gasteiger partial charge in [-0.2, -0.15) is 0 Å². The van der Waals surface area contributed by atoms with Crippen LogP contribution in [0.3, 0.4) is 0 Å². The first kappa shape index (κ1) is 20.0. The summed E-state index contributed by atoms with van der Waals surface area (Å²) in [6, 6.07) is 0. The van der Waals surface area contributed by atoms with Crippen LogP contribution in [-0.4, -0.2) is 11.6 Å². The van der Waals surface area contributed by atoms with Gasteiger partial charge in [0.2, 0.25) is 0 Å². The van der Waals surface area contributed by atoms with Crippen LogP contribution < -0.4 is 51.4 Å². The molecule has 0 aromatic heterocycles. The largest absolute Gasteiger partial charge is 1.00 e. The molecule has 0 radical (unpaired) electrons. The van der Waals surface area contributed by atoms with E-state index >= 15 is 0 Å². The van der Waals surface area contributed by atoms with Gasteiger partial charge in [-0.15, -0.1) is 0 Å². The Balaban J connectivity index is -0.0000000569. The summed E-state index contributed by atoms with van der Waals surface area (Å²) in [6.45, 7) is -5.63. The predicted molar refractivity (Wildman–Crippen MR) is 44.9 cm³/mol. The molecule has 0 aromatic rings. The van der Waals surface area contributed by atoms with Gasteiger partial charge in [0.1, 0.15) is 0 Å². The van der Waals surface area contributed by atoms with Crippen LogP contribution in [0.2, 0.25) is 0 Å². The van der Waals surface area contributed by atoms with Crippen LogP contribution in [0.15, 0.2) is 0 Å². The van der Waals surface area contributed by atoms with Gasteiger partial charge >= 0.3 is 116 Å². The Morgan fingerprint density at radius 2 is 1.09 bits per heavy atom. The molecule has 0 bridgehead atoms. The van der Waals surface area contributed by atoms with Crippen molar-refractivity contribution in [1.29, 1.82) is 0 Å². The van der Waals surface area contributed by atoms with E-state index in [1.54, 1.807) is 0 Å². The first-order valence-electron chi connectivity index (χ1n) is 1.30. The minimum Gasteiger partial charge on any atom is -1.00 e. The van der Waals surface area contributed by atoms with E-state index in [0.717, 1.165) is 0 Å². The Labute approximate surface area is 130 Å². The van der Waals surface area contributed by atoms with Crippen LogP contribution in [-0.2, 0) is 11.4 Å². The molecule has 0 saturated heterocycles. The fourth-order valence-electron chi connectivity index (χ4n) is 0. The van der Waals surface area contributed by atoms with Gasteiger partial charge in [0.25, 0.3) is 6.47 Å². The first-order valence-corrected chi connectivity index (χ1v) is 20.2. The number of carboxylic acid groups (broad SMARTS) is 1. The molecule has 0 aliphatic carbocycles. The van der Waals surface area contributed by atoms with Crippen molar-refractivity contribution in [3.05, 3.63) is 0 Å². The van der Waals surface area contributed by atoms with E-state index in [4.69, 9.17) is 67.7 Å². The molecule has 70 valence electrons. The number of halogens is 6. The van der Waals surface area contributed by atoms with E-state index in [0.29, 0.717) is 0 Å². The summed E-state index contributed by atoms with van der Waals surface area (Å²) in [5, 5.41) is 6.89. The van der Waals surface area contributed by atoms with Crippen molar-refractivity contribution >= 4 is 64.3 Å². The second-order valence-corrected chi connectivity index (χ2v) is 55.9. The van der Waals surface area contributed by atoms with Gasteiger partial charge in [-0.1, -0.05) is 0 Å². The molecule has 0 rings (SSSR count). The zero-order valence-electron chi connectivity index (χ0n) is 6.05. The van der Waals surface area contributed by atoms with Crippen molar-refractivity contribution in [2.45, 2.75) is 0 Å². The molecule has 0 amide bonds. The molecular weight excluding hydrogens is 486 g/mol. The topological polar surface area (TPSA) is 37.3 Å². The summed E-state index contributed by atoms with van der Waals surface area (Å²) in [4.78, 5) is 8.36. The number of hydrogen-bond acceptors (Lipinski definition) is 1. The zero-order valence-corrected chi connectivity index (χ0v) is 15.3. The van der Waals surface area contributed by atoms with Gasteiger partial charge in [0.15, 0.2) is 0 Å². The van der Waals surface area contributed by atoms with E-state index in [-0.39, 0.29) is 59.3 Å². The third-order valence-corrected chi connectivity index (χ3v) is 0. The normalized spacial score (nSPS) is 15.8. The van der Waals surface area contributed by atoms with Crippen LogP contribution in [0.4, 0.5) is 0 Å². The Hall–Kier alpha value is 3.48. The van der Waals surface area contributed by atoms with E-state index < -0.39 is 6.64 Å². The van der Waals surface area contributed by atoms with E-state index in [1.165, 1.54) is 0 Å². The van der Waals surface area contributed by atoms with E-state index in [2.05, 4.69) is 0 Å². The Morgan fingerprint density at radius 3 is 1.09 bits per heavy atom. The molecule has 10 heteroatoms. The molecule has 0 aliphatic rings. The standard InChI is InChI=1S/CH2O2.6ClH.K.Os.H/c2-1-3;;;;;;;;;/h1H,(H,2,3);6*1H;;;/q;;;;;;;+1;+6;-1/p-6. The fourth-order valence-corrected chi connectivity index (χ4v) is 0. The van der Waals surface area contributed by atoms with Gasteiger partial charge in [0.05, 0.1) is 0 Å². The van der Waals surface area contributed by atoms with Gasteiger partial charge in [0, 0.05) is 0 Å². The summed E-state index contributed by atoms with van der Waals surface area (Å²) < 4.78 is 0. The van der Waals surface area contributed by atoms with E-state index in [1.807, 2.05) is 0 Å². The number of carbonyl (C=O) groups is 1. The molecule has 1 N–H and O–H groups in total. The van der Waals surface area contributed by atoms with Crippen molar-refractivity contribution in [1.82, 2.24) is 0 Å². The Kier molecular flexibility index (Phi) is 10.0. The molecule has 11 heavy (non-hydrogen) atoms. The molecule has 2 nitrogen and oxygen atoms in total. The van der Waals surface area contributed by atoms with Gasteiger partial charge in [-0.3, -0.25) is 4.79 Å². The van der Waals surface area contributed by atoms with Crippen LogP contribution in [0.5, 0.6) is 0 Å². The summed E-state index contributed by atoms with van der Waals surface area (Å²) in [6.07, 6.45) is 0. The molecular formula is CH3Cl6KO2Os. The van der Waals surface area contributed by atoms with Crippen molar-refractivity contribution in [3.8, 4) is 0 Å². The van der Waals surface area contributed by atoms with Gasteiger partial charge in [-0.05, 0) is 0 Å². The van der Waals surface area contributed by atoms with Crippen LogP contribution >= 0.6 is 57.8 Å². The molecule has 0 aliphatic heterocycles. The first-order chi connectivity index (χ1) is 3.86. The monoisotopic (exact) mass is 488 g/mol. The summed E-state index contributed by atoms with van der Waals surface area (Å²) >= 11 is 0. The molecule has 0 unspecified atom stereocenters. The third-order valence-electron chi connectivity index (χ3n) is 0. The van der Waals surface area contributed by atoms with Crippen molar-refractivity contribution < 1.29 is 69.4 Å². The Morgan fingerprint density at radius 1 is 1.09 bits per heavy atom. The minimum absolute atomic E-state index is 0. The molecule has 0 spiro atoms. The van der Waals surface area contributed by atoms with Crippen LogP contribution in [0, 0.1) is 0 Å². The fraction of sp³-hybridized carbons (Fsp3) is 0. The zero-order chi connectivity index (χ0) is 9.12. The molecule has 0 heterocycles. The average Bonchev–Trinajstić information content (AvgIpc) is 1.20. The maximum absolute atomic E-state index is 8.36. The molecule has 0 fully saturated rings. The average molecular weight is 489 g/mol. The van der Waals surface area contributed by atoms with Crippen molar-refractivity contribution in [2.75, 3.05) is 0 Å². The number of rotatable bonds is 0. The second kappa shape index (κ2) is 5.53. The maximum atomic E-state index is 8.36. The predicted octanol–water partition coefficient (Wildman–Crippen LogP) is 0.952. The molecule has 0 atom stereocenters. The van der Waals surface area contributed by atoms with Gasteiger partial charge in [-0.25, -0.2) is 0 Å². The third kappa shape index (κ3) is 147. The van der Waals surface area contributed by atoms with Crippen LogP contribution in [0.1, 0.15) is 1.43 Å². The summed E-state index contributed by atoms with van der Waals surface area (Å²) in [7, 11) is 30.4. The van der Waals surface area contributed by atoms with Crippen molar-refractivity contribution in [3.63, 3.8) is 0 Å². The summed E-state index contributed by atoms with van der Waals surface area (Å²) in [5.74, 6) is 0. The molecule has 0 saturated carbocycles. The number of hydrogen-bond donors (Lipinski definition) is 1. The maximum Gasteiger partial charge on any atom is 1.00 e. The molecule has 0 aromatic carbocycles. The van der Waals surface area contributed by atoms with Crippen LogP contribution in [0.25, 0.3) is 0 Å². The summed E-state index contributed by atoms with van der Waals surface area (Å²) in [5.41, 5.74) is 0. The van der Waals surface area contributed by atoms with Crippen molar-refractivity contribution in [2.24, 2.45) is 0 Å². The van der Waals surface area contributed by atoms with Gasteiger partial charge < -0.3 is 6.53 Å². The quantitative estimate of drug-likeness (QED) is 0.407. The SMILES string of the molecule is O=CO.[Cl][Os]([Cl])([Cl])([Cl])([Cl])[Cl].[H-].[K+]. The van der Waals surface area contributed by atoms with E-state index in [9.17, 15) is 0 Å². The minimum atomic E-state index is -5.38. The second-order valence-electron chi connectivity index (χ2n) is 0.863. The smallest absolute Gasteiger partial charge is 1.00 e.